The first kappa shape index (κ1) is 18.2. The van der Waals surface area contributed by atoms with Crippen LogP contribution in [0, 0.1) is 13.8 Å². The Kier molecular flexibility index (Phi) is 6.40. The normalized spacial score (nSPS) is 12.0. The second kappa shape index (κ2) is 8.09. The fourth-order valence-electron chi connectivity index (χ4n) is 2.16. The summed E-state index contributed by atoms with van der Waals surface area (Å²) in [5, 5.41) is 3.95. The zero-order valence-corrected chi connectivity index (χ0v) is 15.6. The van der Waals surface area contributed by atoms with Crippen molar-refractivity contribution >= 4 is 46.6 Å². The summed E-state index contributed by atoms with van der Waals surface area (Å²) in [5.74, 6) is 0.713. The van der Waals surface area contributed by atoms with Crippen LogP contribution in [0.15, 0.2) is 36.4 Å². The maximum Gasteiger partial charge on any atom is 0.237 e. The second-order valence-electron chi connectivity index (χ2n) is 5.46. The lowest BCUT2D eigenvalue weighted by Crippen LogP contribution is -2.23. The van der Waals surface area contributed by atoms with E-state index in [-0.39, 0.29) is 11.2 Å². The monoisotopic (exact) mass is 367 g/mol. The van der Waals surface area contributed by atoms with E-state index in [0.29, 0.717) is 15.8 Å². The Labute approximate surface area is 151 Å². The highest BCUT2D eigenvalue weighted by molar-refractivity contribution is 7.99. The van der Waals surface area contributed by atoms with Crippen molar-refractivity contribution in [1.82, 2.24) is 0 Å². The lowest BCUT2D eigenvalue weighted by atomic mass is 10.1. The van der Waals surface area contributed by atoms with Gasteiger partial charge >= 0.3 is 0 Å². The van der Waals surface area contributed by atoms with Crippen LogP contribution in [-0.2, 0) is 10.5 Å². The summed E-state index contributed by atoms with van der Waals surface area (Å²) in [6.45, 7) is 5.90. The van der Waals surface area contributed by atoms with Crippen molar-refractivity contribution in [2.75, 3.05) is 5.32 Å². The summed E-state index contributed by atoms with van der Waals surface area (Å²) in [4.78, 5) is 12.4. The number of rotatable bonds is 5. The highest BCUT2D eigenvalue weighted by atomic mass is 35.5. The van der Waals surface area contributed by atoms with Gasteiger partial charge in [-0.1, -0.05) is 47.5 Å². The maximum absolute atomic E-state index is 12.4. The third-order valence-electron chi connectivity index (χ3n) is 3.58. The quantitative estimate of drug-likeness (QED) is 0.715. The first-order valence-electron chi connectivity index (χ1n) is 7.31. The molecule has 0 aliphatic rings. The van der Waals surface area contributed by atoms with E-state index >= 15 is 0 Å². The van der Waals surface area contributed by atoms with Crippen LogP contribution >= 0.6 is 35.0 Å². The number of thioether (sulfide) groups is 1. The number of amides is 1. The molecule has 2 rings (SSSR count). The molecule has 122 valence electrons. The van der Waals surface area contributed by atoms with E-state index in [1.807, 2.05) is 51.1 Å². The Morgan fingerprint density at radius 2 is 1.78 bits per heavy atom. The molecule has 0 aliphatic carbocycles. The number of hydrogen-bond donors (Lipinski definition) is 1. The Hall–Kier alpha value is -1.16. The van der Waals surface area contributed by atoms with Gasteiger partial charge in [0.2, 0.25) is 5.91 Å². The molecule has 0 radical (unpaired) electrons. The van der Waals surface area contributed by atoms with E-state index in [9.17, 15) is 4.79 Å². The summed E-state index contributed by atoms with van der Waals surface area (Å²) in [5.41, 5.74) is 4.09. The zero-order valence-electron chi connectivity index (χ0n) is 13.3. The minimum Gasteiger partial charge on any atom is -0.325 e. The smallest absolute Gasteiger partial charge is 0.237 e. The third kappa shape index (κ3) is 4.90. The molecule has 0 fully saturated rings. The SMILES string of the molecule is Cc1cccc(C)c1NC(=O)C(C)SCc1ccc(Cl)c(Cl)c1. The number of nitrogens with one attached hydrogen (secondary N) is 1. The fourth-order valence-corrected chi connectivity index (χ4v) is 3.32. The molecular formula is C18H19Cl2NOS. The van der Waals surface area contributed by atoms with E-state index < -0.39 is 0 Å². The molecule has 0 bridgehead atoms. The lowest BCUT2D eigenvalue weighted by Gasteiger charge is -2.15. The van der Waals surface area contributed by atoms with Crippen molar-refractivity contribution < 1.29 is 4.79 Å². The van der Waals surface area contributed by atoms with Gasteiger partial charge in [0.15, 0.2) is 0 Å². The molecular weight excluding hydrogens is 349 g/mol. The molecule has 5 heteroatoms. The van der Waals surface area contributed by atoms with Gasteiger partial charge in [0.25, 0.3) is 0 Å². The summed E-state index contributed by atoms with van der Waals surface area (Å²) >= 11 is 13.5. The van der Waals surface area contributed by atoms with Crippen molar-refractivity contribution in [3.05, 3.63) is 63.1 Å². The molecule has 2 aromatic carbocycles. The maximum atomic E-state index is 12.4. The van der Waals surface area contributed by atoms with Crippen LogP contribution < -0.4 is 5.32 Å². The predicted molar refractivity (Wildman–Crippen MR) is 102 cm³/mol. The van der Waals surface area contributed by atoms with Gasteiger partial charge in [-0.2, -0.15) is 0 Å². The molecule has 1 amide bonds. The summed E-state index contributed by atoms with van der Waals surface area (Å²) in [6.07, 6.45) is 0. The minimum absolute atomic E-state index is 0.00691. The van der Waals surface area contributed by atoms with Crippen LogP contribution in [0.2, 0.25) is 10.0 Å². The molecule has 0 saturated carbocycles. The zero-order chi connectivity index (χ0) is 17.0. The average molecular weight is 368 g/mol. The number of para-hydroxylation sites is 1. The molecule has 0 aliphatic heterocycles. The number of halogens is 2. The van der Waals surface area contributed by atoms with Crippen LogP contribution in [0.5, 0.6) is 0 Å². The Bertz CT molecular complexity index is 698. The number of anilines is 1. The van der Waals surface area contributed by atoms with E-state index in [4.69, 9.17) is 23.2 Å². The molecule has 2 nitrogen and oxygen atoms in total. The number of carbonyl (C=O) groups excluding carboxylic acids is 1. The average Bonchev–Trinajstić information content (AvgIpc) is 2.51. The highest BCUT2D eigenvalue weighted by Crippen LogP contribution is 2.27. The van der Waals surface area contributed by atoms with Crippen molar-refractivity contribution in [1.29, 1.82) is 0 Å². The van der Waals surface area contributed by atoms with E-state index in [1.54, 1.807) is 17.8 Å². The lowest BCUT2D eigenvalue weighted by molar-refractivity contribution is -0.115. The number of aryl methyl sites for hydroxylation is 2. The number of benzene rings is 2. The highest BCUT2D eigenvalue weighted by Gasteiger charge is 2.15. The van der Waals surface area contributed by atoms with Crippen molar-refractivity contribution in [3.8, 4) is 0 Å². The molecule has 0 saturated heterocycles. The van der Waals surface area contributed by atoms with Gasteiger partial charge in [-0.15, -0.1) is 11.8 Å². The van der Waals surface area contributed by atoms with Gasteiger partial charge in [0.1, 0.15) is 0 Å². The van der Waals surface area contributed by atoms with Crippen molar-refractivity contribution in [3.63, 3.8) is 0 Å². The van der Waals surface area contributed by atoms with Gasteiger partial charge in [-0.25, -0.2) is 0 Å². The van der Waals surface area contributed by atoms with E-state index in [2.05, 4.69) is 5.32 Å². The summed E-state index contributed by atoms with van der Waals surface area (Å²) in [7, 11) is 0. The van der Waals surface area contributed by atoms with E-state index in [1.165, 1.54) is 0 Å². The van der Waals surface area contributed by atoms with Crippen LogP contribution in [0.1, 0.15) is 23.6 Å². The van der Waals surface area contributed by atoms with Crippen LogP contribution in [0.4, 0.5) is 5.69 Å². The fraction of sp³-hybridized carbons (Fsp3) is 0.278. The Morgan fingerprint density at radius 3 is 2.39 bits per heavy atom. The van der Waals surface area contributed by atoms with Gasteiger partial charge in [0, 0.05) is 11.4 Å². The molecule has 2 aromatic rings. The topological polar surface area (TPSA) is 29.1 Å². The molecule has 1 atom stereocenters. The van der Waals surface area contributed by atoms with Gasteiger partial charge in [-0.05, 0) is 49.6 Å². The molecule has 1 N–H and O–H groups in total. The Balaban J connectivity index is 1.96. The van der Waals surface area contributed by atoms with Gasteiger partial charge in [-0.3, -0.25) is 4.79 Å². The van der Waals surface area contributed by atoms with Crippen LogP contribution in [0.25, 0.3) is 0 Å². The molecule has 0 spiro atoms. The number of hydrogen-bond acceptors (Lipinski definition) is 2. The van der Waals surface area contributed by atoms with Gasteiger partial charge in [0.05, 0.1) is 15.3 Å². The predicted octanol–water partition coefficient (Wildman–Crippen LogP) is 5.87. The summed E-state index contributed by atoms with van der Waals surface area (Å²) < 4.78 is 0. The molecule has 0 heterocycles. The van der Waals surface area contributed by atoms with E-state index in [0.717, 1.165) is 22.4 Å². The Morgan fingerprint density at radius 1 is 1.13 bits per heavy atom. The van der Waals surface area contributed by atoms with Gasteiger partial charge < -0.3 is 5.32 Å². The molecule has 1 unspecified atom stereocenters. The third-order valence-corrected chi connectivity index (χ3v) is 5.54. The minimum atomic E-state index is -0.163. The van der Waals surface area contributed by atoms with Crippen molar-refractivity contribution in [2.45, 2.75) is 31.8 Å². The second-order valence-corrected chi connectivity index (χ2v) is 7.60. The van der Waals surface area contributed by atoms with Crippen molar-refractivity contribution in [2.24, 2.45) is 0 Å². The standard InChI is InChI=1S/C18H19Cl2NOS/c1-11-5-4-6-12(2)17(11)21-18(22)13(3)23-10-14-7-8-15(19)16(20)9-14/h4-9,13H,10H2,1-3H3,(H,21,22). The number of carbonyl (C=O) groups is 1. The molecule has 23 heavy (non-hydrogen) atoms. The first-order valence-corrected chi connectivity index (χ1v) is 9.11. The molecule has 0 aromatic heterocycles. The summed E-state index contributed by atoms with van der Waals surface area (Å²) in [6, 6.07) is 11.5. The first-order chi connectivity index (χ1) is 10.9. The van der Waals surface area contributed by atoms with Crippen LogP contribution in [-0.4, -0.2) is 11.2 Å². The van der Waals surface area contributed by atoms with Crippen LogP contribution in [0.3, 0.4) is 0 Å². The largest absolute Gasteiger partial charge is 0.325 e.